The number of nitrogens with zero attached hydrogens (tertiary/aromatic N) is 1. The number of thioether (sulfide) groups is 1. The van der Waals surface area contributed by atoms with Crippen molar-refractivity contribution < 1.29 is 4.79 Å². The van der Waals surface area contributed by atoms with E-state index in [0.29, 0.717) is 23.2 Å². The molecule has 18 heavy (non-hydrogen) atoms. The number of amides is 1. The van der Waals surface area contributed by atoms with Crippen molar-refractivity contribution >= 4 is 30.1 Å². The van der Waals surface area contributed by atoms with Crippen molar-refractivity contribution in [1.82, 2.24) is 10.2 Å². The van der Waals surface area contributed by atoms with Crippen molar-refractivity contribution in [3.8, 4) is 0 Å². The van der Waals surface area contributed by atoms with Crippen LogP contribution in [0.4, 0.5) is 0 Å². The molecule has 106 valence electrons. The molecule has 1 N–H and O–H groups in total. The quantitative estimate of drug-likeness (QED) is 0.804. The van der Waals surface area contributed by atoms with Crippen molar-refractivity contribution in [2.24, 2.45) is 5.92 Å². The smallest absolute Gasteiger partial charge is 0.226 e. The first-order valence-electron chi connectivity index (χ1n) is 6.75. The Balaban J connectivity index is 0.00000162. The third-order valence-corrected chi connectivity index (χ3v) is 5.48. The van der Waals surface area contributed by atoms with Gasteiger partial charge in [-0.1, -0.05) is 6.92 Å². The van der Waals surface area contributed by atoms with Gasteiger partial charge in [-0.05, 0) is 33.2 Å². The summed E-state index contributed by atoms with van der Waals surface area (Å²) in [5.41, 5.74) is 0. The zero-order chi connectivity index (χ0) is 12.4. The van der Waals surface area contributed by atoms with Gasteiger partial charge in [-0.3, -0.25) is 4.79 Å². The number of carbonyl (C=O) groups excluding carboxylic acids is 1. The predicted octanol–water partition coefficient (Wildman–Crippen LogP) is 2.15. The first-order valence-corrected chi connectivity index (χ1v) is 7.80. The largest absolute Gasteiger partial charge is 0.338 e. The van der Waals surface area contributed by atoms with Crippen molar-refractivity contribution in [3.63, 3.8) is 0 Å². The Morgan fingerprint density at radius 1 is 1.33 bits per heavy atom. The van der Waals surface area contributed by atoms with Gasteiger partial charge in [0.25, 0.3) is 0 Å². The topological polar surface area (TPSA) is 32.3 Å². The van der Waals surface area contributed by atoms with E-state index in [9.17, 15) is 4.79 Å². The highest BCUT2D eigenvalue weighted by Crippen LogP contribution is 2.27. The highest BCUT2D eigenvalue weighted by atomic mass is 35.5. The second-order valence-electron chi connectivity index (χ2n) is 5.42. The first kappa shape index (κ1) is 16.1. The summed E-state index contributed by atoms with van der Waals surface area (Å²) >= 11 is 1.99. The summed E-state index contributed by atoms with van der Waals surface area (Å²) in [6.07, 6.45) is 2.01. The molecule has 0 bridgehead atoms. The molecule has 0 spiro atoms. The molecule has 0 saturated carbocycles. The van der Waals surface area contributed by atoms with Gasteiger partial charge in [-0.2, -0.15) is 11.8 Å². The molecular formula is C13H25ClN2OS. The third-order valence-electron chi connectivity index (χ3n) is 4.14. The lowest BCUT2D eigenvalue weighted by Crippen LogP contribution is -2.52. The Bertz CT molecular complexity index is 290. The van der Waals surface area contributed by atoms with E-state index in [1.54, 1.807) is 0 Å². The van der Waals surface area contributed by atoms with Crippen LogP contribution in [-0.2, 0) is 4.79 Å². The Kier molecular flexibility index (Phi) is 6.28. The van der Waals surface area contributed by atoms with Gasteiger partial charge in [0.05, 0.1) is 0 Å². The van der Waals surface area contributed by atoms with Crippen molar-refractivity contribution in [1.29, 1.82) is 0 Å². The zero-order valence-corrected chi connectivity index (χ0v) is 13.1. The van der Waals surface area contributed by atoms with Crippen LogP contribution >= 0.6 is 24.2 Å². The molecule has 2 fully saturated rings. The monoisotopic (exact) mass is 292 g/mol. The molecule has 0 aromatic carbocycles. The molecule has 0 aromatic heterocycles. The van der Waals surface area contributed by atoms with Gasteiger partial charge in [-0.25, -0.2) is 0 Å². The Labute approximate surface area is 121 Å². The zero-order valence-electron chi connectivity index (χ0n) is 11.5. The van der Waals surface area contributed by atoms with Gasteiger partial charge in [0.1, 0.15) is 0 Å². The van der Waals surface area contributed by atoms with Gasteiger partial charge in [0.2, 0.25) is 5.91 Å². The van der Waals surface area contributed by atoms with Crippen LogP contribution in [0.2, 0.25) is 0 Å². The maximum absolute atomic E-state index is 12.5. The summed E-state index contributed by atoms with van der Waals surface area (Å²) in [7, 11) is 0. The molecule has 4 atom stereocenters. The van der Waals surface area contributed by atoms with Gasteiger partial charge < -0.3 is 10.2 Å². The average molecular weight is 293 g/mol. The number of nitrogens with one attached hydrogen (secondary N) is 1. The molecule has 5 heteroatoms. The molecular weight excluding hydrogens is 268 g/mol. The molecule has 3 nitrogen and oxygen atoms in total. The first-order chi connectivity index (χ1) is 8.09. The minimum Gasteiger partial charge on any atom is -0.338 e. The van der Waals surface area contributed by atoms with Crippen molar-refractivity contribution in [2.45, 2.75) is 50.9 Å². The van der Waals surface area contributed by atoms with Crippen molar-refractivity contribution in [3.05, 3.63) is 0 Å². The average Bonchev–Trinajstić information content (AvgIpc) is 2.32. The SMILES string of the molecule is CC1SCCN(C(=O)[C@H]2CCN[C@@H](C)C2)C1C.Cl. The van der Waals surface area contributed by atoms with E-state index >= 15 is 0 Å². The van der Waals surface area contributed by atoms with E-state index in [4.69, 9.17) is 0 Å². The van der Waals surface area contributed by atoms with Crippen LogP contribution in [0, 0.1) is 5.92 Å². The Hall–Kier alpha value is 0.0700. The molecule has 2 aliphatic heterocycles. The molecule has 0 aliphatic carbocycles. The molecule has 2 aliphatic rings. The molecule has 1 amide bonds. The number of hydrogen-bond acceptors (Lipinski definition) is 3. The second-order valence-corrected chi connectivity index (χ2v) is 6.91. The van der Waals surface area contributed by atoms with Crippen LogP contribution in [0.5, 0.6) is 0 Å². The lowest BCUT2D eigenvalue weighted by molar-refractivity contribution is -0.138. The van der Waals surface area contributed by atoms with Crippen LogP contribution in [0.25, 0.3) is 0 Å². The normalized spacial score (nSPS) is 36.9. The van der Waals surface area contributed by atoms with E-state index < -0.39 is 0 Å². The predicted molar refractivity (Wildman–Crippen MR) is 80.5 cm³/mol. The summed E-state index contributed by atoms with van der Waals surface area (Å²) in [5.74, 6) is 1.75. The standard InChI is InChI=1S/C13H24N2OS.ClH/c1-9-8-12(4-5-14-9)13(16)15-6-7-17-11(3)10(15)2;/h9-12,14H,4-8H2,1-3H3;1H/t9-,10?,11?,12-;/m0./s1. The van der Waals surface area contributed by atoms with E-state index in [1.165, 1.54) is 0 Å². The highest BCUT2D eigenvalue weighted by Gasteiger charge is 2.34. The number of rotatable bonds is 1. The van der Waals surface area contributed by atoms with Crippen LogP contribution < -0.4 is 5.32 Å². The van der Waals surface area contributed by atoms with E-state index in [-0.39, 0.29) is 18.3 Å². The summed E-state index contributed by atoms with van der Waals surface area (Å²) in [6, 6.07) is 0.885. The fourth-order valence-corrected chi connectivity index (χ4v) is 3.93. The molecule has 2 saturated heterocycles. The molecule has 2 heterocycles. The number of carbonyl (C=O) groups is 1. The minimum absolute atomic E-state index is 0. The Morgan fingerprint density at radius 2 is 2.06 bits per heavy atom. The van der Waals surface area contributed by atoms with Crippen LogP contribution in [0.3, 0.4) is 0 Å². The fourth-order valence-electron chi connectivity index (χ4n) is 2.83. The summed E-state index contributed by atoms with van der Waals surface area (Å²) in [4.78, 5) is 14.7. The fraction of sp³-hybridized carbons (Fsp3) is 0.923. The van der Waals surface area contributed by atoms with Crippen LogP contribution in [0.1, 0.15) is 33.6 Å². The van der Waals surface area contributed by atoms with Crippen LogP contribution in [0.15, 0.2) is 0 Å². The van der Waals surface area contributed by atoms with Gasteiger partial charge in [0.15, 0.2) is 0 Å². The summed E-state index contributed by atoms with van der Waals surface area (Å²) in [6.45, 7) is 8.54. The maximum Gasteiger partial charge on any atom is 0.226 e. The molecule has 2 rings (SSSR count). The minimum atomic E-state index is 0. The number of halogens is 1. The number of hydrogen-bond donors (Lipinski definition) is 1. The summed E-state index contributed by atoms with van der Waals surface area (Å²) in [5, 5.41) is 3.99. The number of piperidine rings is 1. The maximum atomic E-state index is 12.5. The van der Waals surface area contributed by atoms with E-state index in [2.05, 4.69) is 31.0 Å². The Morgan fingerprint density at radius 3 is 2.72 bits per heavy atom. The second kappa shape index (κ2) is 7.01. The van der Waals surface area contributed by atoms with Gasteiger partial charge in [-0.15, -0.1) is 12.4 Å². The molecule has 2 unspecified atom stereocenters. The van der Waals surface area contributed by atoms with Crippen LogP contribution in [-0.4, -0.2) is 47.0 Å². The highest BCUT2D eigenvalue weighted by molar-refractivity contribution is 8.00. The van der Waals surface area contributed by atoms with Gasteiger partial charge in [0, 0.05) is 35.5 Å². The molecule has 0 aromatic rings. The van der Waals surface area contributed by atoms with Crippen molar-refractivity contribution in [2.75, 3.05) is 18.8 Å². The van der Waals surface area contributed by atoms with Gasteiger partial charge >= 0.3 is 0 Å². The lowest BCUT2D eigenvalue weighted by atomic mass is 9.91. The van der Waals surface area contributed by atoms with E-state index in [0.717, 1.165) is 31.7 Å². The lowest BCUT2D eigenvalue weighted by Gasteiger charge is -2.40. The van der Waals surface area contributed by atoms with E-state index in [1.807, 2.05) is 11.8 Å². The molecule has 0 radical (unpaired) electrons. The third kappa shape index (κ3) is 3.55. The summed E-state index contributed by atoms with van der Waals surface area (Å²) < 4.78 is 0.